The maximum atomic E-state index is 12.7. The molecule has 26 heavy (non-hydrogen) atoms. The van der Waals surface area contributed by atoms with Gasteiger partial charge < -0.3 is 15.0 Å². The number of nitrogens with one attached hydrogen (secondary N) is 1. The Kier molecular flexibility index (Phi) is 8.39. The highest BCUT2D eigenvalue weighted by Crippen LogP contribution is 2.28. The number of esters is 1. The molecular formula is C20H34N2O4. The molecule has 0 spiro atoms. The summed E-state index contributed by atoms with van der Waals surface area (Å²) in [6.07, 6.45) is 9.35. The molecule has 2 fully saturated rings. The highest BCUT2D eigenvalue weighted by Gasteiger charge is 2.31. The van der Waals surface area contributed by atoms with Gasteiger partial charge in [-0.05, 0) is 31.6 Å². The minimum Gasteiger partial charge on any atom is -0.467 e. The fraction of sp³-hybridized carbons (Fsp3) is 0.850. The van der Waals surface area contributed by atoms with Gasteiger partial charge in [-0.3, -0.25) is 9.59 Å². The predicted molar refractivity (Wildman–Crippen MR) is 99.4 cm³/mol. The van der Waals surface area contributed by atoms with Crippen LogP contribution >= 0.6 is 0 Å². The van der Waals surface area contributed by atoms with Gasteiger partial charge in [0.15, 0.2) is 0 Å². The summed E-state index contributed by atoms with van der Waals surface area (Å²) in [5.74, 6) is 0.121. The second-order valence-electron chi connectivity index (χ2n) is 7.73. The maximum absolute atomic E-state index is 12.7. The molecular weight excluding hydrogens is 332 g/mol. The van der Waals surface area contributed by atoms with Crippen molar-refractivity contribution in [3.63, 3.8) is 0 Å². The number of nitrogens with zero attached hydrogens (tertiary/aromatic N) is 1. The van der Waals surface area contributed by atoms with Crippen molar-refractivity contribution in [2.75, 3.05) is 20.2 Å². The summed E-state index contributed by atoms with van der Waals surface area (Å²) in [6.45, 7) is 3.25. The number of carbonyl (C=O) groups excluding carboxylic acids is 3. The van der Waals surface area contributed by atoms with Crippen LogP contribution in [0.25, 0.3) is 0 Å². The van der Waals surface area contributed by atoms with Gasteiger partial charge in [-0.2, -0.15) is 0 Å². The first-order valence-corrected chi connectivity index (χ1v) is 10.2. The van der Waals surface area contributed by atoms with Crippen LogP contribution in [-0.2, 0) is 19.1 Å². The normalized spacial score (nSPS) is 20.5. The van der Waals surface area contributed by atoms with E-state index in [1.165, 1.54) is 26.4 Å². The van der Waals surface area contributed by atoms with Gasteiger partial charge in [0, 0.05) is 25.4 Å². The van der Waals surface area contributed by atoms with Gasteiger partial charge in [-0.1, -0.05) is 39.0 Å². The van der Waals surface area contributed by atoms with Crippen molar-refractivity contribution in [1.82, 2.24) is 10.2 Å². The Balaban J connectivity index is 1.84. The molecule has 1 heterocycles. The summed E-state index contributed by atoms with van der Waals surface area (Å²) in [5, 5.41) is 2.94. The van der Waals surface area contributed by atoms with E-state index >= 15 is 0 Å². The minimum atomic E-state index is -0.546. The van der Waals surface area contributed by atoms with E-state index in [-0.39, 0.29) is 23.7 Å². The monoisotopic (exact) mass is 366 g/mol. The lowest BCUT2D eigenvalue weighted by Crippen LogP contribution is -2.48. The summed E-state index contributed by atoms with van der Waals surface area (Å²) in [5.41, 5.74) is 0. The fourth-order valence-electron chi connectivity index (χ4n) is 4.17. The fourth-order valence-corrected chi connectivity index (χ4v) is 4.17. The van der Waals surface area contributed by atoms with Crippen molar-refractivity contribution in [1.29, 1.82) is 0 Å². The van der Waals surface area contributed by atoms with Crippen molar-refractivity contribution in [3.05, 3.63) is 0 Å². The number of amides is 2. The Hall–Kier alpha value is -1.59. The molecule has 2 amide bonds. The highest BCUT2D eigenvalue weighted by molar-refractivity contribution is 5.86. The summed E-state index contributed by atoms with van der Waals surface area (Å²) < 4.78 is 4.91. The summed E-state index contributed by atoms with van der Waals surface area (Å²) in [6, 6.07) is -0.546. The topological polar surface area (TPSA) is 75.7 Å². The summed E-state index contributed by atoms with van der Waals surface area (Å²) in [7, 11) is 1.38. The van der Waals surface area contributed by atoms with Crippen LogP contribution in [-0.4, -0.2) is 48.9 Å². The molecule has 2 aliphatic rings. The Bertz CT molecular complexity index is 480. The molecule has 1 aliphatic carbocycles. The van der Waals surface area contributed by atoms with Gasteiger partial charge in [0.2, 0.25) is 11.8 Å². The molecule has 1 aliphatic heterocycles. The molecule has 6 heteroatoms. The summed E-state index contributed by atoms with van der Waals surface area (Å²) >= 11 is 0. The van der Waals surface area contributed by atoms with Gasteiger partial charge in [-0.25, -0.2) is 4.79 Å². The van der Waals surface area contributed by atoms with Gasteiger partial charge in [0.05, 0.1) is 7.11 Å². The first-order chi connectivity index (χ1) is 12.5. The lowest BCUT2D eigenvalue weighted by atomic mass is 9.84. The standard InChI is InChI=1S/C20H34N2O4/c1-3-7-18(23)22-12-10-16(11-13-22)19(24)21-17(20(25)26-2)14-15-8-5-4-6-9-15/h15-17H,3-14H2,1-2H3,(H,21,24)/t17-/m1/s1. The smallest absolute Gasteiger partial charge is 0.328 e. The molecule has 0 unspecified atom stereocenters. The molecule has 1 saturated carbocycles. The molecule has 0 aromatic rings. The van der Waals surface area contributed by atoms with Crippen LogP contribution in [0.1, 0.15) is 71.1 Å². The van der Waals surface area contributed by atoms with Crippen molar-refractivity contribution >= 4 is 17.8 Å². The molecule has 0 aromatic carbocycles. The van der Waals surface area contributed by atoms with E-state index in [2.05, 4.69) is 5.32 Å². The van der Waals surface area contributed by atoms with Crippen molar-refractivity contribution in [2.24, 2.45) is 11.8 Å². The SMILES string of the molecule is CCCC(=O)N1CCC(C(=O)N[C@H](CC2CCCCC2)C(=O)OC)CC1. The minimum absolute atomic E-state index is 0.0706. The second kappa shape index (κ2) is 10.5. The highest BCUT2D eigenvalue weighted by atomic mass is 16.5. The molecule has 0 radical (unpaired) electrons. The lowest BCUT2D eigenvalue weighted by molar-refractivity contribution is -0.146. The molecule has 148 valence electrons. The zero-order valence-electron chi connectivity index (χ0n) is 16.3. The van der Waals surface area contributed by atoms with E-state index in [1.807, 2.05) is 11.8 Å². The van der Waals surface area contributed by atoms with E-state index in [9.17, 15) is 14.4 Å². The Morgan fingerprint density at radius 2 is 1.73 bits per heavy atom. The number of methoxy groups -OCH3 is 1. The van der Waals surface area contributed by atoms with E-state index < -0.39 is 6.04 Å². The zero-order valence-corrected chi connectivity index (χ0v) is 16.3. The van der Waals surface area contributed by atoms with Crippen LogP contribution in [0.2, 0.25) is 0 Å². The number of likely N-dealkylation sites (tertiary alicyclic amines) is 1. The van der Waals surface area contributed by atoms with E-state index in [0.717, 1.165) is 19.3 Å². The second-order valence-corrected chi connectivity index (χ2v) is 7.73. The van der Waals surface area contributed by atoms with E-state index in [0.29, 0.717) is 44.7 Å². The molecule has 2 rings (SSSR count). The molecule has 1 N–H and O–H groups in total. The number of rotatable bonds is 7. The number of hydrogen-bond acceptors (Lipinski definition) is 4. The van der Waals surface area contributed by atoms with Crippen LogP contribution in [0.5, 0.6) is 0 Å². The van der Waals surface area contributed by atoms with Crippen LogP contribution in [0.3, 0.4) is 0 Å². The molecule has 6 nitrogen and oxygen atoms in total. The van der Waals surface area contributed by atoms with Gasteiger partial charge in [-0.15, -0.1) is 0 Å². The Morgan fingerprint density at radius 1 is 1.08 bits per heavy atom. The van der Waals surface area contributed by atoms with Crippen LogP contribution in [0, 0.1) is 11.8 Å². The molecule has 0 aromatic heterocycles. The van der Waals surface area contributed by atoms with E-state index in [4.69, 9.17) is 4.74 Å². The van der Waals surface area contributed by atoms with Gasteiger partial charge >= 0.3 is 5.97 Å². The number of carbonyl (C=O) groups is 3. The van der Waals surface area contributed by atoms with Crippen LogP contribution in [0.4, 0.5) is 0 Å². The average molecular weight is 367 g/mol. The van der Waals surface area contributed by atoms with Crippen molar-refractivity contribution in [2.45, 2.75) is 77.2 Å². The largest absolute Gasteiger partial charge is 0.467 e. The lowest BCUT2D eigenvalue weighted by Gasteiger charge is -2.32. The van der Waals surface area contributed by atoms with Crippen molar-refractivity contribution in [3.8, 4) is 0 Å². The van der Waals surface area contributed by atoms with Gasteiger partial charge in [0.25, 0.3) is 0 Å². The zero-order chi connectivity index (χ0) is 18.9. The quantitative estimate of drug-likeness (QED) is 0.703. The van der Waals surface area contributed by atoms with Crippen LogP contribution < -0.4 is 5.32 Å². The number of hydrogen-bond donors (Lipinski definition) is 1. The predicted octanol–water partition coefficient (Wildman–Crippen LogP) is 2.65. The number of piperidine rings is 1. The third-order valence-corrected chi connectivity index (χ3v) is 5.78. The third kappa shape index (κ3) is 5.99. The van der Waals surface area contributed by atoms with E-state index in [1.54, 1.807) is 0 Å². The van der Waals surface area contributed by atoms with Crippen molar-refractivity contribution < 1.29 is 19.1 Å². The average Bonchev–Trinajstić information content (AvgIpc) is 2.68. The summed E-state index contributed by atoms with van der Waals surface area (Å²) in [4.78, 5) is 38.6. The molecule has 1 saturated heterocycles. The first-order valence-electron chi connectivity index (χ1n) is 10.2. The first kappa shape index (κ1) is 20.7. The van der Waals surface area contributed by atoms with Crippen LogP contribution in [0.15, 0.2) is 0 Å². The third-order valence-electron chi connectivity index (χ3n) is 5.78. The molecule has 1 atom stereocenters. The molecule has 0 bridgehead atoms. The maximum Gasteiger partial charge on any atom is 0.328 e. The Labute approximate surface area is 157 Å². The Morgan fingerprint density at radius 3 is 2.31 bits per heavy atom. The van der Waals surface area contributed by atoms with Gasteiger partial charge in [0.1, 0.15) is 6.04 Å². The number of ether oxygens (including phenoxy) is 1.